The van der Waals surface area contributed by atoms with E-state index in [0.717, 1.165) is 18.7 Å². The second kappa shape index (κ2) is 3.68. The Labute approximate surface area is 44.4 Å². The van der Waals surface area contributed by atoms with E-state index in [1.54, 1.807) is 0 Å². The van der Waals surface area contributed by atoms with Crippen LogP contribution in [0.2, 0.25) is 0 Å². The van der Waals surface area contributed by atoms with Gasteiger partial charge in [0.05, 0.1) is 0 Å². The monoisotopic (exact) mass is 100 g/mol. The Hall–Kier alpha value is -0.500. The van der Waals surface area contributed by atoms with Crippen molar-refractivity contribution in [1.29, 1.82) is 0 Å². The van der Waals surface area contributed by atoms with Gasteiger partial charge in [-0.2, -0.15) is 0 Å². The van der Waals surface area contributed by atoms with Gasteiger partial charge in [0.15, 0.2) is 0 Å². The molecule has 0 rings (SSSR count). The van der Waals surface area contributed by atoms with Crippen LogP contribution in [0.25, 0.3) is 0 Å². The molecule has 0 aliphatic carbocycles. The van der Waals surface area contributed by atoms with Crippen molar-refractivity contribution in [3.05, 3.63) is 12.3 Å². The Morgan fingerprint density at radius 2 is 2.43 bits per heavy atom. The van der Waals surface area contributed by atoms with E-state index in [1.165, 1.54) is 0 Å². The maximum absolute atomic E-state index is 5.24. The predicted molar refractivity (Wildman–Crippen MR) is 31.9 cm³/mol. The molecule has 0 saturated carbocycles. The molecule has 0 aliphatic heterocycles. The third-order valence-electron chi connectivity index (χ3n) is 0.696. The largest absolute Gasteiger partial charge is 0.402 e. The molecule has 0 spiro atoms. The van der Waals surface area contributed by atoms with Gasteiger partial charge in [-0.25, -0.2) is 0 Å². The SMILES string of the molecule is C=C(N)CCNC. The van der Waals surface area contributed by atoms with Crippen LogP contribution < -0.4 is 11.1 Å². The molecule has 2 nitrogen and oxygen atoms in total. The van der Waals surface area contributed by atoms with Gasteiger partial charge < -0.3 is 11.1 Å². The van der Waals surface area contributed by atoms with Crippen molar-refractivity contribution in [3.8, 4) is 0 Å². The lowest BCUT2D eigenvalue weighted by Gasteiger charge is -1.94. The molecule has 0 aromatic rings. The summed E-state index contributed by atoms with van der Waals surface area (Å²) < 4.78 is 0. The quantitative estimate of drug-likeness (QED) is 0.526. The highest BCUT2D eigenvalue weighted by molar-refractivity contribution is 4.85. The van der Waals surface area contributed by atoms with Gasteiger partial charge in [-0.1, -0.05) is 6.58 Å². The van der Waals surface area contributed by atoms with Crippen LogP contribution in [-0.2, 0) is 0 Å². The number of rotatable bonds is 3. The first-order valence-corrected chi connectivity index (χ1v) is 2.35. The zero-order valence-corrected chi connectivity index (χ0v) is 4.70. The fourth-order valence-corrected chi connectivity index (χ4v) is 0.286. The third-order valence-corrected chi connectivity index (χ3v) is 0.696. The summed E-state index contributed by atoms with van der Waals surface area (Å²) in [6, 6.07) is 0. The second-order valence-corrected chi connectivity index (χ2v) is 1.51. The smallest absolute Gasteiger partial charge is 0.00202 e. The Bertz CT molecular complexity index is 59.1. The van der Waals surface area contributed by atoms with E-state index >= 15 is 0 Å². The maximum Gasteiger partial charge on any atom is 0.00202 e. The molecule has 0 amide bonds. The first-order valence-electron chi connectivity index (χ1n) is 2.35. The number of hydrogen-bond donors (Lipinski definition) is 2. The lowest BCUT2D eigenvalue weighted by atomic mass is 10.3. The van der Waals surface area contributed by atoms with Crippen molar-refractivity contribution in [2.75, 3.05) is 13.6 Å². The summed E-state index contributed by atoms with van der Waals surface area (Å²) in [6.45, 7) is 4.46. The van der Waals surface area contributed by atoms with Gasteiger partial charge in [0.1, 0.15) is 0 Å². The number of hydrogen-bond acceptors (Lipinski definition) is 2. The van der Waals surface area contributed by atoms with Gasteiger partial charge in [-0.05, 0) is 13.5 Å². The second-order valence-electron chi connectivity index (χ2n) is 1.51. The highest BCUT2D eigenvalue weighted by Gasteiger charge is 1.80. The summed E-state index contributed by atoms with van der Waals surface area (Å²) in [5.74, 6) is 0. The zero-order chi connectivity index (χ0) is 5.70. The standard InChI is InChI=1S/C5H12N2/c1-5(6)3-4-7-2/h7H,1,3-4,6H2,2H3. The van der Waals surface area contributed by atoms with E-state index in [9.17, 15) is 0 Å². The van der Waals surface area contributed by atoms with Gasteiger partial charge >= 0.3 is 0 Å². The molecule has 0 atom stereocenters. The fourth-order valence-electron chi connectivity index (χ4n) is 0.286. The van der Waals surface area contributed by atoms with Crippen LogP contribution in [0, 0.1) is 0 Å². The van der Waals surface area contributed by atoms with E-state index in [4.69, 9.17) is 5.73 Å². The van der Waals surface area contributed by atoms with E-state index in [0.29, 0.717) is 0 Å². The highest BCUT2D eigenvalue weighted by Crippen LogP contribution is 1.81. The lowest BCUT2D eigenvalue weighted by molar-refractivity contribution is 0.782. The summed E-state index contributed by atoms with van der Waals surface area (Å²) >= 11 is 0. The van der Waals surface area contributed by atoms with E-state index in [-0.39, 0.29) is 0 Å². The molecular formula is C5H12N2. The van der Waals surface area contributed by atoms with Crippen molar-refractivity contribution in [1.82, 2.24) is 5.32 Å². The average molecular weight is 100 g/mol. The summed E-state index contributed by atoms with van der Waals surface area (Å²) in [7, 11) is 1.89. The molecule has 0 unspecified atom stereocenters. The summed E-state index contributed by atoms with van der Waals surface area (Å²) in [5, 5.41) is 2.96. The van der Waals surface area contributed by atoms with E-state index in [1.807, 2.05) is 7.05 Å². The van der Waals surface area contributed by atoms with Crippen LogP contribution in [0.15, 0.2) is 12.3 Å². The molecule has 0 aliphatic rings. The summed E-state index contributed by atoms with van der Waals surface area (Å²) in [6.07, 6.45) is 0.872. The number of nitrogens with two attached hydrogens (primary N) is 1. The van der Waals surface area contributed by atoms with Gasteiger partial charge in [0, 0.05) is 12.2 Å². The molecule has 7 heavy (non-hydrogen) atoms. The Balaban J connectivity index is 2.82. The van der Waals surface area contributed by atoms with Crippen molar-refractivity contribution in [2.45, 2.75) is 6.42 Å². The molecule has 0 bridgehead atoms. The van der Waals surface area contributed by atoms with Gasteiger partial charge in [0.25, 0.3) is 0 Å². The first-order chi connectivity index (χ1) is 3.27. The van der Waals surface area contributed by atoms with E-state index in [2.05, 4.69) is 11.9 Å². The fraction of sp³-hybridized carbons (Fsp3) is 0.600. The first kappa shape index (κ1) is 6.50. The van der Waals surface area contributed by atoms with Crippen LogP contribution in [-0.4, -0.2) is 13.6 Å². The van der Waals surface area contributed by atoms with Crippen molar-refractivity contribution < 1.29 is 0 Å². The van der Waals surface area contributed by atoms with Gasteiger partial charge in [-0.3, -0.25) is 0 Å². The summed E-state index contributed by atoms with van der Waals surface area (Å²) in [5.41, 5.74) is 5.99. The molecule has 0 aromatic heterocycles. The van der Waals surface area contributed by atoms with Gasteiger partial charge in [-0.15, -0.1) is 0 Å². The minimum atomic E-state index is 0.745. The Morgan fingerprint density at radius 3 is 2.57 bits per heavy atom. The Kier molecular flexibility index (Phi) is 3.42. The topological polar surface area (TPSA) is 38.0 Å². The molecule has 0 fully saturated rings. The maximum atomic E-state index is 5.24. The predicted octanol–water partition coefficient (Wildman–Crippen LogP) is 0.0683. The lowest BCUT2D eigenvalue weighted by Crippen LogP contribution is -2.10. The zero-order valence-electron chi connectivity index (χ0n) is 4.70. The molecule has 3 N–H and O–H groups in total. The molecule has 2 heteroatoms. The normalized spacial score (nSPS) is 8.71. The molecular weight excluding hydrogens is 88.1 g/mol. The van der Waals surface area contributed by atoms with Gasteiger partial charge in [0.2, 0.25) is 0 Å². The number of nitrogens with one attached hydrogen (secondary N) is 1. The molecule has 0 aromatic carbocycles. The molecule has 42 valence electrons. The third kappa shape index (κ3) is 5.50. The van der Waals surface area contributed by atoms with Crippen LogP contribution >= 0.6 is 0 Å². The van der Waals surface area contributed by atoms with Crippen molar-refractivity contribution in [3.63, 3.8) is 0 Å². The molecule has 0 radical (unpaired) electrons. The molecule has 0 saturated heterocycles. The average Bonchev–Trinajstić information content (AvgIpc) is 1.61. The summed E-state index contributed by atoms with van der Waals surface area (Å²) in [4.78, 5) is 0. The van der Waals surface area contributed by atoms with Crippen molar-refractivity contribution in [2.24, 2.45) is 5.73 Å². The van der Waals surface area contributed by atoms with Crippen LogP contribution in [0.4, 0.5) is 0 Å². The van der Waals surface area contributed by atoms with Crippen LogP contribution in [0.3, 0.4) is 0 Å². The van der Waals surface area contributed by atoms with Crippen LogP contribution in [0.5, 0.6) is 0 Å². The molecule has 0 heterocycles. The Morgan fingerprint density at radius 1 is 1.86 bits per heavy atom. The highest BCUT2D eigenvalue weighted by atomic mass is 14.8. The van der Waals surface area contributed by atoms with E-state index < -0.39 is 0 Å². The minimum Gasteiger partial charge on any atom is -0.402 e. The van der Waals surface area contributed by atoms with Crippen LogP contribution in [0.1, 0.15) is 6.42 Å². The van der Waals surface area contributed by atoms with Crippen molar-refractivity contribution >= 4 is 0 Å². The minimum absolute atomic E-state index is 0.745.